The van der Waals surface area contributed by atoms with Crippen LogP contribution >= 0.6 is 0 Å². The van der Waals surface area contributed by atoms with Gasteiger partial charge in [-0.1, -0.05) is 13.8 Å². The van der Waals surface area contributed by atoms with Gasteiger partial charge in [-0.25, -0.2) is 0 Å². The number of piperazine rings is 1. The van der Waals surface area contributed by atoms with Crippen LogP contribution in [0.25, 0.3) is 0 Å². The Morgan fingerprint density at radius 2 is 1.52 bits per heavy atom. The van der Waals surface area contributed by atoms with Crippen molar-refractivity contribution >= 4 is 17.5 Å². The number of anilines is 1. The molecular weight excluding hydrogens is 290 g/mol. The van der Waals surface area contributed by atoms with Crippen LogP contribution < -0.4 is 10.2 Å². The topological polar surface area (TPSA) is 52.7 Å². The first-order valence-electron chi connectivity index (χ1n) is 8.33. The van der Waals surface area contributed by atoms with Gasteiger partial charge >= 0.3 is 0 Å². The highest BCUT2D eigenvalue weighted by atomic mass is 16.2. The van der Waals surface area contributed by atoms with Crippen LogP contribution in [-0.2, 0) is 4.79 Å². The van der Waals surface area contributed by atoms with Gasteiger partial charge in [0.1, 0.15) is 0 Å². The van der Waals surface area contributed by atoms with Crippen molar-refractivity contribution in [3.05, 3.63) is 29.8 Å². The van der Waals surface area contributed by atoms with Gasteiger partial charge in [0, 0.05) is 49.4 Å². The largest absolute Gasteiger partial charge is 0.368 e. The maximum absolute atomic E-state index is 12.0. The van der Waals surface area contributed by atoms with E-state index in [0.29, 0.717) is 5.56 Å². The molecule has 1 aliphatic heterocycles. The van der Waals surface area contributed by atoms with Gasteiger partial charge in [0.2, 0.25) is 5.91 Å². The third kappa shape index (κ3) is 4.47. The summed E-state index contributed by atoms with van der Waals surface area (Å²) in [4.78, 5) is 28.2. The summed E-state index contributed by atoms with van der Waals surface area (Å²) in [6.07, 6.45) is 0. The Hall–Kier alpha value is -2.04. The second-order valence-electron chi connectivity index (χ2n) is 6.64. The molecule has 1 heterocycles. The van der Waals surface area contributed by atoms with Crippen LogP contribution in [0, 0.1) is 5.92 Å². The maximum atomic E-state index is 12.0. The minimum Gasteiger partial charge on any atom is -0.368 e. The summed E-state index contributed by atoms with van der Waals surface area (Å²) < 4.78 is 0. The van der Waals surface area contributed by atoms with E-state index >= 15 is 0 Å². The molecule has 2 rings (SSSR count). The Bertz CT molecular complexity index is 544. The standard InChI is InChI=1S/C18H27N3O2/c1-13(2)18(23)21-11-9-20(10-12-21)16-7-5-15(6-8-16)17(22)19-14(3)4/h5-8,13-14H,9-12H2,1-4H3,(H,19,22). The molecule has 1 aromatic rings. The first-order chi connectivity index (χ1) is 10.9. The summed E-state index contributed by atoms with van der Waals surface area (Å²) in [5.74, 6) is 0.240. The summed E-state index contributed by atoms with van der Waals surface area (Å²) in [7, 11) is 0. The van der Waals surface area contributed by atoms with Gasteiger partial charge in [-0.2, -0.15) is 0 Å². The molecule has 1 aliphatic rings. The van der Waals surface area contributed by atoms with Gasteiger partial charge in [-0.3, -0.25) is 9.59 Å². The van der Waals surface area contributed by atoms with Crippen LogP contribution in [0.1, 0.15) is 38.1 Å². The van der Waals surface area contributed by atoms with Crippen molar-refractivity contribution in [2.24, 2.45) is 5.92 Å². The molecule has 1 aromatic carbocycles. The lowest BCUT2D eigenvalue weighted by atomic mass is 10.1. The van der Waals surface area contributed by atoms with Gasteiger partial charge < -0.3 is 15.1 Å². The van der Waals surface area contributed by atoms with Crippen LogP contribution in [-0.4, -0.2) is 48.9 Å². The number of carbonyl (C=O) groups excluding carboxylic acids is 2. The number of benzene rings is 1. The zero-order valence-electron chi connectivity index (χ0n) is 14.5. The molecule has 0 aromatic heterocycles. The van der Waals surface area contributed by atoms with Crippen LogP contribution in [0.15, 0.2) is 24.3 Å². The van der Waals surface area contributed by atoms with Crippen molar-refractivity contribution in [2.75, 3.05) is 31.1 Å². The zero-order valence-corrected chi connectivity index (χ0v) is 14.5. The third-order valence-corrected chi connectivity index (χ3v) is 4.00. The third-order valence-electron chi connectivity index (χ3n) is 4.00. The highest BCUT2D eigenvalue weighted by molar-refractivity contribution is 5.94. The van der Waals surface area contributed by atoms with E-state index in [2.05, 4.69) is 10.2 Å². The number of carbonyl (C=O) groups is 2. The molecule has 23 heavy (non-hydrogen) atoms. The predicted octanol–water partition coefficient (Wildman–Crippen LogP) is 2.13. The molecule has 126 valence electrons. The summed E-state index contributed by atoms with van der Waals surface area (Å²) in [6, 6.07) is 7.82. The predicted molar refractivity (Wildman–Crippen MR) is 92.7 cm³/mol. The number of nitrogens with one attached hydrogen (secondary N) is 1. The lowest BCUT2D eigenvalue weighted by molar-refractivity contribution is -0.134. The molecule has 0 saturated carbocycles. The first-order valence-corrected chi connectivity index (χ1v) is 8.33. The van der Waals surface area contributed by atoms with E-state index in [1.54, 1.807) is 0 Å². The van der Waals surface area contributed by atoms with E-state index in [4.69, 9.17) is 0 Å². The highest BCUT2D eigenvalue weighted by Gasteiger charge is 2.23. The summed E-state index contributed by atoms with van der Waals surface area (Å²) in [5.41, 5.74) is 1.78. The van der Waals surface area contributed by atoms with Gasteiger partial charge in [-0.05, 0) is 38.1 Å². The minimum atomic E-state index is -0.0427. The van der Waals surface area contributed by atoms with E-state index in [0.717, 1.165) is 31.9 Å². The van der Waals surface area contributed by atoms with Crippen LogP contribution in [0.3, 0.4) is 0 Å². The number of nitrogens with zero attached hydrogens (tertiary/aromatic N) is 2. The SMILES string of the molecule is CC(C)NC(=O)c1ccc(N2CCN(C(=O)C(C)C)CC2)cc1. The first kappa shape index (κ1) is 17.3. The molecule has 1 fully saturated rings. The van der Waals surface area contributed by atoms with Gasteiger partial charge in [0.05, 0.1) is 0 Å². The number of hydrogen-bond acceptors (Lipinski definition) is 3. The lowest BCUT2D eigenvalue weighted by Crippen LogP contribution is -2.49. The molecule has 0 radical (unpaired) electrons. The number of rotatable bonds is 4. The molecule has 5 nitrogen and oxygen atoms in total. The number of amides is 2. The highest BCUT2D eigenvalue weighted by Crippen LogP contribution is 2.18. The van der Waals surface area contributed by atoms with Crippen molar-refractivity contribution in [3.63, 3.8) is 0 Å². The molecule has 0 bridgehead atoms. The van der Waals surface area contributed by atoms with Crippen LogP contribution in [0.4, 0.5) is 5.69 Å². The minimum absolute atomic E-state index is 0.0427. The molecule has 0 spiro atoms. The summed E-state index contributed by atoms with van der Waals surface area (Å²) >= 11 is 0. The molecular formula is C18H27N3O2. The average Bonchev–Trinajstić information content (AvgIpc) is 2.53. The molecule has 1 N–H and O–H groups in total. The zero-order chi connectivity index (χ0) is 17.0. The molecule has 1 saturated heterocycles. The van der Waals surface area contributed by atoms with Gasteiger partial charge in [0.15, 0.2) is 0 Å². The smallest absolute Gasteiger partial charge is 0.251 e. The van der Waals surface area contributed by atoms with Crippen molar-refractivity contribution in [3.8, 4) is 0 Å². The molecule has 0 aliphatic carbocycles. The van der Waals surface area contributed by atoms with Crippen molar-refractivity contribution in [1.29, 1.82) is 0 Å². The maximum Gasteiger partial charge on any atom is 0.251 e. The van der Waals surface area contributed by atoms with E-state index in [1.807, 2.05) is 56.9 Å². The van der Waals surface area contributed by atoms with Crippen molar-refractivity contribution < 1.29 is 9.59 Å². The van der Waals surface area contributed by atoms with E-state index in [-0.39, 0.29) is 23.8 Å². The van der Waals surface area contributed by atoms with Crippen LogP contribution in [0.2, 0.25) is 0 Å². The average molecular weight is 317 g/mol. The Labute approximate surface area is 138 Å². The van der Waals surface area contributed by atoms with Gasteiger partial charge in [0.25, 0.3) is 5.91 Å². The van der Waals surface area contributed by atoms with E-state index < -0.39 is 0 Å². The van der Waals surface area contributed by atoms with E-state index in [9.17, 15) is 9.59 Å². The van der Waals surface area contributed by atoms with E-state index in [1.165, 1.54) is 0 Å². The van der Waals surface area contributed by atoms with Crippen LogP contribution in [0.5, 0.6) is 0 Å². The molecule has 2 amide bonds. The fourth-order valence-corrected chi connectivity index (χ4v) is 2.72. The Morgan fingerprint density at radius 1 is 0.957 bits per heavy atom. The summed E-state index contributed by atoms with van der Waals surface area (Å²) in [5, 5.41) is 2.89. The second-order valence-corrected chi connectivity index (χ2v) is 6.64. The Balaban J connectivity index is 1.94. The monoisotopic (exact) mass is 317 g/mol. The Morgan fingerprint density at radius 3 is 2.00 bits per heavy atom. The fourth-order valence-electron chi connectivity index (χ4n) is 2.72. The molecule has 0 unspecified atom stereocenters. The van der Waals surface area contributed by atoms with Crippen molar-refractivity contribution in [2.45, 2.75) is 33.7 Å². The van der Waals surface area contributed by atoms with Crippen molar-refractivity contribution in [1.82, 2.24) is 10.2 Å². The quantitative estimate of drug-likeness (QED) is 0.925. The number of hydrogen-bond donors (Lipinski definition) is 1. The Kier molecular flexibility index (Phi) is 5.64. The lowest BCUT2D eigenvalue weighted by Gasteiger charge is -2.37. The van der Waals surface area contributed by atoms with Gasteiger partial charge in [-0.15, -0.1) is 0 Å². The molecule has 5 heteroatoms. The molecule has 0 atom stereocenters. The second kappa shape index (κ2) is 7.49. The summed E-state index contributed by atoms with van der Waals surface area (Å²) in [6.45, 7) is 10.9. The normalized spacial score (nSPS) is 15.2. The fraction of sp³-hybridized carbons (Fsp3) is 0.556.